The Morgan fingerprint density at radius 2 is 2.19 bits per heavy atom. The first-order chi connectivity index (χ1) is 9.69. The summed E-state index contributed by atoms with van der Waals surface area (Å²) < 4.78 is 11.4. The van der Waals surface area contributed by atoms with Crippen molar-refractivity contribution >= 4 is 11.9 Å². The van der Waals surface area contributed by atoms with Crippen molar-refractivity contribution in [3.05, 3.63) is 0 Å². The van der Waals surface area contributed by atoms with Crippen LogP contribution in [0.1, 0.15) is 40.5 Å². The lowest BCUT2D eigenvalue weighted by Crippen LogP contribution is -2.73. The van der Waals surface area contributed by atoms with Gasteiger partial charge in [0.05, 0.1) is 18.6 Å². The van der Waals surface area contributed by atoms with Gasteiger partial charge in [0.1, 0.15) is 12.1 Å². The van der Waals surface area contributed by atoms with Crippen LogP contribution in [0.5, 0.6) is 0 Å². The average Bonchev–Trinajstić information content (AvgIpc) is 2.91. The molecule has 0 saturated carbocycles. The number of nitrogens with zero attached hydrogens (tertiary/aromatic N) is 2. The van der Waals surface area contributed by atoms with Crippen LogP contribution in [-0.4, -0.2) is 59.5 Å². The maximum Gasteiger partial charge on any atom is 0.537 e. The molecule has 3 aliphatic heterocycles. The zero-order valence-electron chi connectivity index (χ0n) is 13.3. The highest BCUT2D eigenvalue weighted by molar-refractivity contribution is 5.88. The number of hydrogen-bond acceptors (Lipinski definition) is 5. The lowest BCUT2D eigenvalue weighted by Gasteiger charge is -2.48. The summed E-state index contributed by atoms with van der Waals surface area (Å²) in [5.41, 5.74) is -1.03. The molecular weight excluding hydrogens is 272 g/mol. The summed E-state index contributed by atoms with van der Waals surface area (Å²) in [6.07, 6.45) is 0.990. The molecule has 0 aliphatic carbocycles. The van der Waals surface area contributed by atoms with E-state index >= 15 is 0 Å². The number of fused-ring (bicyclic) bond motifs is 3. The number of Topliss-reactive ketones (excluding diaryl/α,β-unsaturated/α-hetero) is 1. The van der Waals surface area contributed by atoms with Crippen molar-refractivity contribution in [3.8, 4) is 0 Å². The van der Waals surface area contributed by atoms with Gasteiger partial charge in [-0.2, -0.15) is 4.79 Å². The van der Waals surface area contributed by atoms with E-state index in [4.69, 9.17) is 9.47 Å². The van der Waals surface area contributed by atoms with Crippen LogP contribution >= 0.6 is 0 Å². The Labute approximate surface area is 125 Å². The van der Waals surface area contributed by atoms with Crippen LogP contribution in [0.15, 0.2) is 0 Å². The van der Waals surface area contributed by atoms with Gasteiger partial charge in [0, 0.05) is 6.42 Å². The van der Waals surface area contributed by atoms with E-state index in [2.05, 4.69) is 0 Å². The van der Waals surface area contributed by atoms with Gasteiger partial charge >= 0.3 is 6.09 Å². The van der Waals surface area contributed by atoms with Crippen molar-refractivity contribution in [1.82, 2.24) is 5.01 Å². The van der Waals surface area contributed by atoms with Crippen LogP contribution in [-0.2, 0) is 14.3 Å². The van der Waals surface area contributed by atoms with Gasteiger partial charge in [0.2, 0.25) is 0 Å². The minimum Gasteiger partial charge on any atom is -0.413 e. The lowest BCUT2D eigenvalue weighted by atomic mass is 9.80. The normalized spacial score (nSPS) is 40.0. The van der Waals surface area contributed by atoms with Crippen LogP contribution < -0.4 is 0 Å². The first-order valence-electron chi connectivity index (χ1n) is 7.72. The van der Waals surface area contributed by atoms with E-state index in [1.807, 2.05) is 32.7 Å². The van der Waals surface area contributed by atoms with Gasteiger partial charge in [-0.1, -0.05) is 0 Å². The number of ether oxygens (including phenoxy) is 2. The minimum atomic E-state index is -0.557. The number of carbonyl (C=O) groups excluding carboxylic acids is 2. The largest absolute Gasteiger partial charge is 0.537 e. The van der Waals surface area contributed by atoms with E-state index < -0.39 is 11.0 Å². The molecule has 3 heterocycles. The summed E-state index contributed by atoms with van der Waals surface area (Å²) in [6, 6.07) is 0. The highest BCUT2D eigenvalue weighted by atomic mass is 16.6. The molecule has 1 amide bonds. The molecule has 0 aromatic rings. The van der Waals surface area contributed by atoms with Gasteiger partial charge in [0.25, 0.3) is 0 Å². The standard InChI is InChI=1S/C15H25N2O4/c1-14(2,3)21-13(19)17-8-5-7-16(17)12-15(4,6-9-20-12)11(18)10-17/h12H,5-10H2,1-4H3/q+1. The SMILES string of the molecule is CC(C)(C)OC(=O)[N+]12CCCN1C1OCCC1(C)C(=O)C2. The minimum absolute atomic E-state index is 0.0175. The highest BCUT2D eigenvalue weighted by Crippen LogP contribution is 2.46. The topological polar surface area (TPSA) is 55.8 Å². The number of rotatable bonds is 0. The molecule has 0 bridgehead atoms. The Bertz CT molecular complexity index is 487. The van der Waals surface area contributed by atoms with Crippen molar-refractivity contribution < 1.29 is 23.7 Å². The molecule has 118 valence electrons. The summed E-state index contributed by atoms with van der Waals surface area (Å²) >= 11 is 0. The van der Waals surface area contributed by atoms with Crippen LogP contribution in [0.2, 0.25) is 0 Å². The summed E-state index contributed by atoms with van der Waals surface area (Å²) in [4.78, 5) is 25.4. The fourth-order valence-electron chi connectivity index (χ4n) is 3.71. The second-order valence-electron chi connectivity index (χ2n) is 7.62. The lowest BCUT2D eigenvalue weighted by molar-refractivity contribution is -0.964. The van der Waals surface area contributed by atoms with Gasteiger partial charge in [-0.25, -0.2) is 0 Å². The zero-order valence-corrected chi connectivity index (χ0v) is 13.3. The molecule has 6 nitrogen and oxygen atoms in total. The molecule has 6 heteroatoms. The molecule has 0 N–H and O–H groups in total. The van der Waals surface area contributed by atoms with E-state index in [1.165, 1.54) is 0 Å². The Hall–Kier alpha value is -0.980. The number of quaternary nitrogens is 1. The van der Waals surface area contributed by atoms with Gasteiger partial charge in [-0.15, -0.1) is 9.60 Å². The van der Waals surface area contributed by atoms with Crippen molar-refractivity contribution in [2.45, 2.75) is 52.4 Å². The fraction of sp³-hybridized carbons (Fsp3) is 0.867. The first-order valence-corrected chi connectivity index (χ1v) is 7.72. The third-order valence-electron chi connectivity index (χ3n) is 4.90. The van der Waals surface area contributed by atoms with E-state index in [0.29, 0.717) is 13.2 Å². The smallest absolute Gasteiger partial charge is 0.413 e. The number of carbonyl (C=O) groups is 2. The fourth-order valence-corrected chi connectivity index (χ4v) is 3.71. The molecule has 0 aromatic carbocycles. The van der Waals surface area contributed by atoms with Gasteiger partial charge in [-0.05, 0) is 34.1 Å². The first kappa shape index (κ1) is 14.9. The van der Waals surface area contributed by atoms with E-state index in [9.17, 15) is 9.59 Å². The molecule has 21 heavy (non-hydrogen) atoms. The van der Waals surface area contributed by atoms with Crippen LogP contribution in [0.4, 0.5) is 4.79 Å². The third kappa shape index (κ3) is 2.12. The quantitative estimate of drug-likeness (QED) is 0.637. The Morgan fingerprint density at radius 3 is 2.86 bits per heavy atom. The predicted octanol–water partition coefficient (Wildman–Crippen LogP) is 1.69. The molecule has 3 aliphatic rings. The second kappa shape index (κ2) is 4.51. The second-order valence-corrected chi connectivity index (χ2v) is 7.62. The molecule has 0 aromatic heterocycles. The monoisotopic (exact) mass is 297 g/mol. The van der Waals surface area contributed by atoms with Gasteiger partial charge < -0.3 is 9.47 Å². The number of hydrogen-bond donors (Lipinski definition) is 0. The Balaban J connectivity index is 1.94. The molecule has 3 saturated heterocycles. The number of amides is 1. The third-order valence-corrected chi connectivity index (χ3v) is 4.90. The molecule has 3 atom stereocenters. The molecule has 3 fully saturated rings. The molecule has 0 spiro atoms. The highest BCUT2D eigenvalue weighted by Gasteiger charge is 2.66. The summed E-state index contributed by atoms with van der Waals surface area (Å²) in [6.45, 7) is 9.70. The van der Waals surface area contributed by atoms with E-state index in [-0.39, 0.29) is 29.2 Å². The van der Waals surface area contributed by atoms with Crippen LogP contribution in [0.3, 0.4) is 0 Å². The van der Waals surface area contributed by atoms with Crippen molar-refractivity contribution in [1.29, 1.82) is 0 Å². The number of ketones is 1. The van der Waals surface area contributed by atoms with Crippen molar-refractivity contribution in [2.24, 2.45) is 5.41 Å². The average molecular weight is 297 g/mol. The predicted molar refractivity (Wildman–Crippen MR) is 75.0 cm³/mol. The summed E-state index contributed by atoms with van der Waals surface area (Å²) in [7, 11) is 0. The zero-order chi connectivity index (χ0) is 15.5. The van der Waals surface area contributed by atoms with Crippen LogP contribution in [0.25, 0.3) is 0 Å². The maximum absolute atomic E-state index is 12.8. The van der Waals surface area contributed by atoms with Crippen molar-refractivity contribution in [3.63, 3.8) is 0 Å². The van der Waals surface area contributed by atoms with E-state index in [0.717, 1.165) is 19.4 Å². The Morgan fingerprint density at radius 1 is 1.48 bits per heavy atom. The van der Waals surface area contributed by atoms with Gasteiger partial charge in [0.15, 0.2) is 18.6 Å². The summed E-state index contributed by atoms with van der Waals surface area (Å²) in [5, 5.41) is 2.04. The maximum atomic E-state index is 12.8. The molecular formula is C15H25N2O4+. The van der Waals surface area contributed by atoms with Crippen LogP contribution in [0, 0.1) is 5.41 Å². The molecule has 3 unspecified atom stereocenters. The Kier molecular flexibility index (Phi) is 3.21. The summed E-state index contributed by atoms with van der Waals surface area (Å²) in [5.74, 6) is 0.119. The van der Waals surface area contributed by atoms with Crippen molar-refractivity contribution in [2.75, 3.05) is 26.2 Å². The molecule has 3 rings (SSSR count). The van der Waals surface area contributed by atoms with E-state index in [1.54, 1.807) is 0 Å². The van der Waals surface area contributed by atoms with Gasteiger partial charge in [-0.3, -0.25) is 4.79 Å². The molecule has 0 radical (unpaired) electrons.